The molecule has 0 spiro atoms. The molecule has 1 amide bonds. The predicted octanol–water partition coefficient (Wildman–Crippen LogP) is 3.48. The number of rotatable bonds is 4. The number of carbonyl (C=O) groups excluding carboxylic acids is 1. The van der Waals surface area contributed by atoms with E-state index in [2.05, 4.69) is 21.5 Å². The van der Waals surface area contributed by atoms with Gasteiger partial charge in [0.2, 0.25) is 17.7 Å². The number of nitrogens with zero attached hydrogens (tertiary/aromatic N) is 4. The fourth-order valence-electron chi connectivity index (χ4n) is 2.54. The van der Waals surface area contributed by atoms with E-state index in [1.807, 2.05) is 6.08 Å². The summed E-state index contributed by atoms with van der Waals surface area (Å²) in [6.07, 6.45) is 2.77. The van der Waals surface area contributed by atoms with E-state index in [0.29, 0.717) is 31.4 Å². The van der Waals surface area contributed by atoms with Crippen LogP contribution in [0.2, 0.25) is 0 Å². The summed E-state index contributed by atoms with van der Waals surface area (Å²) in [5.74, 6) is -0.0426. The smallest absolute Gasteiger partial charge is 0.417 e. The Kier molecular flexibility index (Phi) is 5.20. The van der Waals surface area contributed by atoms with Gasteiger partial charge in [0.15, 0.2) is 0 Å². The Morgan fingerprint density at radius 3 is 2.59 bits per heavy atom. The number of pyridine rings is 1. The quantitative estimate of drug-likeness (QED) is 0.764. The number of halogens is 3. The molecule has 0 N–H and O–H groups in total. The molecule has 0 radical (unpaired) electrons. The van der Waals surface area contributed by atoms with Gasteiger partial charge in [0.05, 0.1) is 5.56 Å². The molecule has 140 valence electrons. The highest BCUT2D eigenvalue weighted by atomic mass is 19.4. The molecule has 2 aromatic rings. The molecule has 0 unspecified atom stereocenters. The van der Waals surface area contributed by atoms with Crippen molar-refractivity contribution in [3.8, 4) is 11.8 Å². The van der Waals surface area contributed by atoms with Crippen LogP contribution in [0.25, 0.3) is 5.57 Å². The second-order valence-electron chi connectivity index (χ2n) is 5.66. The summed E-state index contributed by atoms with van der Waals surface area (Å²) < 4.78 is 43.4. The average Bonchev–Trinajstić information content (AvgIpc) is 2.68. The Bertz CT molecular complexity index is 879. The number of hydrogen-bond acceptors (Lipinski definition) is 5. The lowest BCUT2D eigenvalue weighted by atomic mass is 10.0. The summed E-state index contributed by atoms with van der Waals surface area (Å²) in [5.41, 5.74) is 0.430. The maximum atomic E-state index is 12.6. The minimum atomic E-state index is -4.47. The normalized spacial score (nSPS) is 14.5. The molecule has 0 aromatic carbocycles. The molecular formula is C18H15F3N4O2. The van der Waals surface area contributed by atoms with E-state index in [1.54, 1.807) is 4.90 Å². The van der Waals surface area contributed by atoms with Crippen molar-refractivity contribution in [2.24, 2.45) is 0 Å². The second-order valence-corrected chi connectivity index (χ2v) is 5.66. The van der Waals surface area contributed by atoms with Gasteiger partial charge < -0.3 is 9.64 Å². The van der Waals surface area contributed by atoms with E-state index in [0.717, 1.165) is 17.7 Å². The first-order chi connectivity index (χ1) is 12.9. The van der Waals surface area contributed by atoms with Crippen molar-refractivity contribution in [3.63, 3.8) is 0 Å². The highest BCUT2D eigenvalue weighted by molar-refractivity contribution is 5.87. The molecule has 3 rings (SSSR count). The topological polar surface area (TPSA) is 68.2 Å². The molecule has 27 heavy (non-hydrogen) atoms. The van der Waals surface area contributed by atoms with Gasteiger partial charge in [-0.3, -0.25) is 4.79 Å². The molecule has 6 nitrogen and oxygen atoms in total. The van der Waals surface area contributed by atoms with Crippen molar-refractivity contribution >= 4 is 11.5 Å². The van der Waals surface area contributed by atoms with Crippen LogP contribution in [0.5, 0.6) is 11.8 Å². The minimum Gasteiger partial charge on any atom is -0.418 e. The Balaban J connectivity index is 1.80. The van der Waals surface area contributed by atoms with Crippen LogP contribution < -0.4 is 4.74 Å². The summed E-state index contributed by atoms with van der Waals surface area (Å²) in [4.78, 5) is 25.3. The van der Waals surface area contributed by atoms with Crippen molar-refractivity contribution in [3.05, 3.63) is 60.7 Å². The summed E-state index contributed by atoms with van der Waals surface area (Å²) in [7, 11) is 0. The molecule has 0 saturated carbocycles. The van der Waals surface area contributed by atoms with Crippen LogP contribution in [0.4, 0.5) is 13.2 Å². The number of amides is 1. The van der Waals surface area contributed by atoms with E-state index in [9.17, 15) is 18.0 Å². The third-order valence-corrected chi connectivity index (χ3v) is 3.93. The molecule has 0 fully saturated rings. The lowest BCUT2D eigenvalue weighted by molar-refractivity contribution is -0.137. The lowest BCUT2D eigenvalue weighted by Crippen LogP contribution is -2.33. The van der Waals surface area contributed by atoms with Gasteiger partial charge in [-0.1, -0.05) is 12.7 Å². The summed E-state index contributed by atoms with van der Waals surface area (Å²) >= 11 is 0. The van der Waals surface area contributed by atoms with Crippen molar-refractivity contribution < 1.29 is 22.7 Å². The van der Waals surface area contributed by atoms with Gasteiger partial charge >= 0.3 is 6.18 Å². The molecule has 1 aliphatic rings. The standard InChI is InChI=1S/C18H15F3N4O2/c1-2-15(26)25-9-5-12(6-10-25)16-17(23-8-7-22-16)27-14-4-3-13(11-24-14)18(19,20)21/h2-5,7-8,11H,1,6,9-10H2. The maximum absolute atomic E-state index is 12.6. The maximum Gasteiger partial charge on any atom is 0.417 e. The zero-order valence-corrected chi connectivity index (χ0v) is 14.1. The van der Waals surface area contributed by atoms with E-state index in [-0.39, 0.29) is 17.7 Å². The van der Waals surface area contributed by atoms with Gasteiger partial charge in [-0.15, -0.1) is 0 Å². The third-order valence-electron chi connectivity index (χ3n) is 3.93. The summed E-state index contributed by atoms with van der Waals surface area (Å²) in [6, 6.07) is 2.01. The number of alkyl halides is 3. The molecular weight excluding hydrogens is 361 g/mol. The summed E-state index contributed by atoms with van der Waals surface area (Å²) in [6.45, 7) is 4.35. The first kappa shape index (κ1) is 18.6. The van der Waals surface area contributed by atoms with Crippen LogP contribution in [0.15, 0.2) is 49.5 Å². The highest BCUT2D eigenvalue weighted by Gasteiger charge is 2.30. The predicted molar refractivity (Wildman–Crippen MR) is 90.7 cm³/mol. The molecule has 2 aromatic heterocycles. The van der Waals surface area contributed by atoms with Gasteiger partial charge in [-0.25, -0.2) is 15.0 Å². The van der Waals surface area contributed by atoms with E-state index in [4.69, 9.17) is 4.74 Å². The Morgan fingerprint density at radius 2 is 2.00 bits per heavy atom. The van der Waals surface area contributed by atoms with Crippen molar-refractivity contribution in [1.82, 2.24) is 19.9 Å². The second kappa shape index (κ2) is 7.56. The van der Waals surface area contributed by atoms with E-state index >= 15 is 0 Å². The molecule has 0 atom stereocenters. The fourth-order valence-corrected chi connectivity index (χ4v) is 2.54. The molecule has 0 aliphatic carbocycles. The fraction of sp³-hybridized carbons (Fsp3) is 0.222. The van der Waals surface area contributed by atoms with Crippen LogP contribution in [0.3, 0.4) is 0 Å². The molecule has 0 bridgehead atoms. The monoisotopic (exact) mass is 376 g/mol. The van der Waals surface area contributed by atoms with Crippen molar-refractivity contribution in [2.45, 2.75) is 12.6 Å². The first-order valence-electron chi connectivity index (χ1n) is 8.01. The molecule has 3 heterocycles. The molecule has 0 saturated heterocycles. The highest BCUT2D eigenvalue weighted by Crippen LogP contribution is 2.32. The number of carbonyl (C=O) groups is 1. The van der Waals surface area contributed by atoms with Crippen molar-refractivity contribution in [2.75, 3.05) is 13.1 Å². The average molecular weight is 376 g/mol. The largest absolute Gasteiger partial charge is 0.418 e. The van der Waals surface area contributed by atoms with Crippen molar-refractivity contribution in [1.29, 1.82) is 0 Å². The van der Waals surface area contributed by atoms with E-state index < -0.39 is 11.7 Å². The van der Waals surface area contributed by atoms with Gasteiger partial charge in [0.25, 0.3) is 0 Å². The number of ether oxygens (including phenoxy) is 1. The first-order valence-corrected chi connectivity index (χ1v) is 8.01. The Labute approximate surface area is 153 Å². The minimum absolute atomic E-state index is 0.0235. The van der Waals surface area contributed by atoms with E-state index in [1.165, 1.54) is 18.5 Å². The van der Waals surface area contributed by atoms with Gasteiger partial charge in [0, 0.05) is 37.7 Å². The van der Waals surface area contributed by atoms with Crippen LogP contribution >= 0.6 is 0 Å². The number of hydrogen-bond donors (Lipinski definition) is 0. The Hall–Kier alpha value is -3.23. The number of aromatic nitrogens is 3. The van der Waals surface area contributed by atoms with Gasteiger partial charge in [0.1, 0.15) is 5.69 Å². The zero-order chi connectivity index (χ0) is 19.4. The van der Waals surface area contributed by atoms with Crippen LogP contribution in [-0.4, -0.2) is 38.8 Å². The van der Waals surface area contributed by atoms with Crippen LogP contribution in [0, 0.1) is 0 Å². The SMILES string of the molecule is C=CC(=O)N1CC=C(c2nccnc2Oc2ccc(C(F)(F)F)cn2)CC1. The third kappa shape index (κ3) is 4.30. The van der Waals surface area contributed by atoms with Crippen LogP contribution in [0.1, 0.15) is 17.7 Å². The lowest BCUT2D eigenvalue weighted by Gasteiger charge is -2.25. The molecule has 9 heteroatoms. The van der Waals surface area contributed by atoms with Gasteiger partial charge in [-0.2, -0.15) is 13.2 Å². The zero-order valence-electron chi connectivity index (χ0n) is 14.1. The van der Waals surface area contributed by atoms with Crippen LogP contribution in [-0.2, 0) is 11.0 Å². The van der Waals surface area contributed by atoms with Gasteiger partial charge in [-0.05, 0) is 24.1 Å². The molecule has 1 aliphatic heterocycles. The Morgan fingerprint density at radius 1 is 1.22 bits per heavy atom. The summed E-state index contributed by atoms with van der Waals surface area (Å²) in [5, 5.41) is 0.